The molecule has 1 aliphatic rings. The molecule has 0 spiro atoms. The molecule has 1 amide bonds. The Morgan fingerprint density at radius 2 is 2.12 bits per heavy atom. The van der Waals surface area contributed by atoms with Crippen LogP contribution in [-0.2, 0) is 0 Å². The summed E-state index contributed by atoms with van der Waals surface area (Å²) >= 11 is 0. The molecule has 0 atom stereocenters. The molecular formula is C17H21N5O2. The molecular weight excluding hydrogens is 306 g/mol. The standard InChI is InChI=1S/C12H13N3O2.C5H8N2/c1-13-12(16)11-7-15(8-14-11)9-4-3-5-10(6-9)17-2;6-5-7-3-1-2-4-7/h3-8H,1-2H3,(H,13,16);1-4H2. The lowest BCUT2D eigenvalue weighted by molar-refractivity contribution is 0.0958. The molecule has 0 aliphatic carbocycles. The number of nitriles is 1. The summed E-state index contributed by atoms with van der Waals surface area (Å²) < 4.78 is 6.91. The minimum absolute atomic E-state index is 0.202. The van der Waals surface area contributed by atoms with E-state index in [-0.39, 0.29) is 5.91 Å². The number of nitrogens with zero attached hydrogens (tertiary/aromatic N) is 4. The number of ether oxygens (including phenoxy) is 1. The predicted octanol–water partition coefficient (Wildman–Crippen LogP) is 1.80. The Balaban J connectivity index is 0.000000249. The van der Waals surface area contributed by atoms with Crippen molar-refractivity contribution >= 4 is 5.91 Å². The number of methoxy groups -OCH3 is 1. The number of imidazole rings is 1. The zero-order chi connectivity index (χ0) is 17.4. The van der Waals surface area contributed by atoms with Gasteiger partial charge >= 0.3 is 0 Å². The second-order valence-electron chi connectivity index (χ2n) is 5.24. The monoisotopic (exact) mass is 327 g/mol. The molecule has 1 saturated heterocycles. The van der Waals surface area contributed by atoms with E-state index < -0.39 is 0 Å². The average molecular weight is 327 g/mol. The highest BCUT2D eigenvalue weighted by atomic mass is 16.5. The number of amides is 1. The third-order valence-corrected chi connectivity index (χ3v) is 3.64. The van der Waals surface area contributed by atoms with Crippen LogP contribution in [0.2, 0.25) is 0 Å². The summed E-state index contributed by atoms with van der Waals surface area (Å²) in [4.78, 5) is 17.2. The number of rotatable bonds is 3. The van der Waals surface area contributed by atoms with Crippen molar-refractivity contribution in [3.63, 3.8) is 0 Å². The van der Waals surface area contributed by atoms with Crippen LogP contribution >= 0.6 is 0 Å². The maximum Gasteiger partial charge on any atom is 0.271 e. The van der Waals surface area contributed by atoms with Gasteiger partial charge in [0.2, 0.25) is 0 Å². The second-order valence-corrected chi connectivity index (χ2v) is 5.24. The number of carbonyl (C=O) groups is 1. The number of nitrogens with one attached hydrogen (secondary N) is 1. The van der Waals surface area contributed by atoms with Crippen molar-refractivity contribution < 1.29 is 9.53 Å². The van der Waals surface area contributed by atoms with E-state index in [1.165, 1.54) is 12.8 Å². The zero-order valence-corrected chi connectivity index (χ0v) is 13.9. The quantitative estimate of drug-likeness (QED) is 0.869. The highest BCUT2D eigenvalue weighted by Crippen LogP contribution is 2.16. The molecule has 2 heterocycles. The lowest BCUT2D eigenvalue weighted by atomic mass is 10.3. The maximum absolute atomic E-state index is 11.4. The number of aromatic nitrogens is 2. The lowest BCUT2D eigenvalue weighted by Crippen LogP contribution is -2.17. The van der Waals surface area contributed by atoms with E-state index >= 15 is 0 Å². The van der Waals surface area contributed by atoms with Crippen molar-refractivity contribution in [1.29, 1.82) is 5.26 Å². The third kappa shape index (κ3) is 4.49. The van der Waals surface area contributed by atoms with Crippen LogP contribution in [0.1, 0.15) is 23.3 Å². The van der Waals surface area contributed by atoms with E-state index in [1.54, 1.807) is 36.1 Å². The minimum atomic E-state index is -0.202. The van der Waals surface area contributed by atoms with E-state index in [0.717, 1.165) is 24.5 Å². The molecule has 24 heavy (non-hydrogen) atoms. The Hall–Kier alpha value is -3.01. The van der Waals surface area contributed by atoms with E-state index in [1.807, 2.05) is 24.3 Å². The Bertz CT molecular complexity index is 714. The topological polar surface area (TPSA) is 83.2 Å². The van der Waals surface area contributed by atoms with Gasteiger partial charge in [-0.15, -0.1) is 0 Å². The highest BCUT2D eigenvalue weighted by molar-refractivity contribution is 5.91. The van der Waals surface area contributed by atoms with Gasteiger partial charge in [-0.1, -0.05) is 6.07 Å². The molecule has 2 aromatic rings. The number of hydrogen-bond acceptors (Lipinski definition) is 5. The molecule has 1 aromatic heterocycles. The summed E-state index contributed by atoms with van der Waals surface area (Å²) in [7, 11) is 3.19. The average Bonchev–Trinajstić information content (AvgIpc) is 3.33. The van der Waals surface area contributed by atoms with Gasteiger partial charge in [0.05, 0.1) is 12.8 Å². The summed E-state index contributed by atoms with van der Waals surface area (Å²) in [6, 6.07) is 7.53. The second kappa shape index (κ2) is 8.58. The van der Waals surface area contributed by atoms with Gasteiger partial charge in [0.25, 0.3) is 5.91 Å². The first kappa shape index (κ1) is 17.3. The van der Waals surface area contributed by atoms with E-state index in [2.05, 4.69) is 16.5 Å². The molecule has 1 fully saturated rings. The van der Waals surface area contributed by atoms with Crippen LogP contribution in [-0.4, -0.2) is 47.6 Å². The fourth-order valence-electron chi connectivity index (χ4n) is 2.30. The fourth-order valence-corrected chi connectivity index (χ4v) is 2.30. The number of carbonyl (C=O) groups excluding carboxylic acids is 1. The van der Waals surface area contributed by atoms with Gasteiger partial charge in [0.1, 0.15) is 17.8 Å². The molecule has 3 rings (SSSR count). The molecule has 0 bridgehead atoms. The van der Waals surface area contributed by atoms with E-state index in [0.29, 0.717) is 5.69 Å². The molecule has 7 heteroatoms. The van der Waals surface area contributed by atoms with E-state index in [4.69, 9.17) is 10.00 Å². The van der Waals surface area contributed by atoms with Gasteiger partial charge < -0.3 is 19.5 Å². The van der Waals surface area contributed by atoms with Gasteiger partial charge in [0, 0.05) is 32.4 Å². The number of benzene rings is 1. The van der Waals surface area contributed by atoms with Gasteiger partial charge in [-0.25, -0.2) is 4.98 Å². The lowest BCUT2D eigenvalue weighted by Gasteiger charge is -2.04. The van der Waals surface area contributed by atoms with Crippen LogP contribution < -0.4 is 10.1 Å². The van der Waals surface area contributed by atoms with Crippen molar-refractivity contribution in [3.05, 3.63) is 42.5 Å². The van der Waals surface area contributed by atoms with Crippen molar-refractivity contribution in [1.82, 2.24) is 19.8 Å². The predicted molar refractivity (Wildman–Crippen MR) is 89.9 cm³/mol. The fraction of sp³-hybridized carbons (Fsp3) is 0.353. The van der Waals surface area contributed by atoms with Crippen molar-refractivity contribution in [2.75, 3.05) is 27.2 Å². The van der Waals surface area contributed by atoms with Gasteiger partial charge in [-0.2, -0.15) is 5.26 Å². The molecule has 0 radical (unpaired) electrons. The summed E-state index contributed by atoms with van der Waals surface area (Å²) in [6.07, 6.45) is 7.77. The SMILES string of the molecule is CNC(=O)c1cn(-c2cccc(OC)c2)cn1.N#CN1CCCC1. The maximum atomic E-state index is 11.4. The van der Waals surface area contributed by atoms with Crippen molar-refractivity contribution in [3.8, 4) is 17.6 Å². The van der Waals surface area contributed by atoms with Gasteiger partial charge in [-0.3, -0.25) is 4.79 Å². The summed E-state index contributed by atoms with van der Waals surface area (Å²) in [5.41, 5.74) is 1.28. The smallest absolute Gasteiger partial charge is 0.271 e. The molecule has 0 unspecified atom stereocenters. The van der Waals surface area contributed by atoms with Crippen molar-refractivity contribution in [2.45, 2.75) is 12.8 Å². The normalized spacial score (nSPS) is 12.8. The van der Waals surface area contributed by atoms with Crippen LogP contribution in [0.15, 0.2) is 36.8 Å². The Morgan fingerprint density at radius 3 is 2.71 bits per heavy atom. The minimum Gasteiger partial charge on any atom is -0.497 e. The summed E-state index contributed by atoms with van der Waals surface area (Å²) in [5, 5.41) is 10.8. The molecule has 126 valence electrons. The molecule has 1 aliphatic heterocycles. The van der Waals surface area contributed by atoms with Crippen LogP contribution in [0.25, 0.3) is 5.69 Å². The molecule has 0 saturated carbocycles. The Labute approximate surface area is 141 Å². The Morgan fingerprint density at radius 1 is 1.38 bits per heavy atom. The van der Waals surface area contributed by atoms with Gasteiger partial charge in [-0.05, 0) is 25.0 Å². The van der Waals surface area contributed by atoms with Gasteiger partial charge in [0.15, 0.2) is 6.19 Å². The van der Waals surface area contributed by atoms with Crippen LogP contribution in [0.4, 0.5) is 0 Å². The summed E-state index contributed by atoms with van der Waals surface area (Å²) in [5.74, 6) is 0.560. The largest absolute Gasteiger partial charge is 0.497 e. The number of likely N-dealkylation sites (tertiary alicyclic amines) is 1. The first-order valence-electron chi connectivity index (χ1n) is 7.73. The van der Waals surface area contributed by atoms with Crippen LogP contribution in [0, 0.1) is 11.5 Å². The van der Waals surface area contributed by atoms with Crippen molar-refractivity contribution in [2.24, 2.45) is 0 Å². The molecule has 1 aromatic carbocycles. The van der Waals surface area contributed by atoms with Crippen LogP contribution in [0.5, 0.6) is 5.75 Å². The van der Waals surface area contributed by atoms with E-state index in [9.17, 15) is 4.79 Å². The highest BCUT2D eigenvalue weighted by Gasteiger charge is 2.08. The third-order valence-electron chi connectivity index (χ3n) is 3.64. The van der Waals surface area contributed by atoms with Crippen LogP contribution in [0.3, 0.4) is 0 Å². The molecule has 1 N–H and O–H groups in total. The first-order valence-corrected chi connectivity index (χ1v) is 7.73. The molecule has 7 nitrogen and oxygen atoms in total. The summed E-state index contributed by atoms with van der Waals surface area (Å²) in [6.45, 7) is 1.97. The zero-order valence-electron chi connectivity index (χ0n) is 13.9. The number of hydrogen-bond donors (Lipinski definition) is 1. The first-order chi connectivity index (χ1) is 11.7. The Kier molecular flexibility index (Phi) is 6.20.